The Morgan fingerprint density at radius 2 is 1.80 bits per heavy atom. The number of rotatable bonds is 4. The molecule has 1 fully saturated rings. The molecular weight excluding hydrogens is 446 g/mol. The Kier molecular flexibility index (Phi) is 5.57. The van der Waals surface area contributed by atoms with Crippen molar-refractivity contribution >= 4 is 17.6 Å². The molecular formula is C26H23N5O4. The van der Waals surface area contributed by atoms with Crippen molar-refractivity contribution in [3.63, 3.8) is 0 Å². The Hall–Kier alpha value is -4.45. The smallest absolute Gasteiger partial charge is 0.330 e. The van der Waals surface area contributed by atoms with E-state index in [2.05, 4.69) is 11.1 Å². The van der Waals surface area contributed by atoms with Gasteiger partial charge in [-0.25, -0.2) is 4.79 Å². The van der Waals surface area contributed by atoms with Gasteiger partial charge in [-0.1, -0.05) is 29.8 Å². The van der Waals surface area contributed by atoms with Crippen molar-refractivity contribution in [3.8, 4) is 6.07 Å². The molecule has 0 radical (unpaired) electrons. The molecule has 176 valence electrons. The van der Waals surface area contributed by atoms with Crippen molar-refractivity contribution < 1.29 is 9.59 Å². The van der Waals surface area contributed by atoms with Gasteiger partial charge in [-0.2, -0.15) is 5.26 Å². The predicted octanol–water partition coefficient (Wildman–Crippen LogP) is 2.03. The monoisotopic (exact) mass is 469 g/mol. The number of carbonyl (C=O) groups excluding carboxylic acids is 2. The topological polar surface area (TPSA) is 119 Å². The Morgan fingerprint density at radius 1 is 1.03 bits per heavy atom. The number of anilines is 1. The van der Waals surface area contributed by atoms with Gasteiger partial charge in [0.05, 0.1) is 35.3 Å². The van der Waals surface area contributed by atoms with Crippen molar-refractivity contribution in [2.24, 2.45) is 0 Å². The minimum atomic E-state index is -0.585. The summed E-state index contributed by atoms with van der Waals surface area (Å²) in [4.78, 5) is 56.8. The SMILES string of the molecule is Cc1ccc2c(c1)C(=O)N(C1CCCN(c3cc(=O)[nH]c(=O)n3Cc3ccccc3C#N)C1)C2=O. The Morgan fingerprint density at radius 3 is 2.60 bits per heavy atom. The van der Waals surface area contributed by atoms with E-state index in [1.54, 1.807) is 36.4 Å². The number of nitrogens with zero attached hydrogens (tertiary/aromatic N) is 4. The summed E-state index contributed by atoms with van der Waals surface area (Å²) in [5, 5.41) is 9.45. The summed E-state index contributed by atoms with van der Waals surface area (Å²) >= 11 is 0. The molecule has 2 aromatic carbocycles. The van der Waals surface area contributed by atoms with E-state index < -0.39 is 17.3 Å². The number of aromatic nitrogens is 2. The summed E-state index contributed by atoms with van der Waals surface area (Å²) in [6.45, 7) is 2.83. The minimum absolute atomic E-state index is 0.0993. The highest BCUT2D eigenvalue weighted by Gasteiger charge is 2.41. The Labute approximate surface area is 200 Å². The molecule has 2 aliphatic rings. The molecule has 3 aromatic rings. The number of hydrogen-bond acceptors (Lipinski definition) is 6. The van der Waals surface area contributed by atoms with Gasteiger partial charge in [0.2, 0.25) is 0 Å². The fourth-order valence-electron chi connectivity index (χ4n) is 4.94. The van der Waals surface area contributed by atoms with E-state index in [0.717, 1.165) is 5.56 Å². The first-order valence-corrected chi connectivity index (χ1v) is 11.4. The van der Waals surface area contributed by atoms with Gasteiger partial charge in [0, 0.05) is 19.2 Å². The number of nitriles is 1. The molecule has 1 unspecified atom stereocenters. The molecule has 2 amide bonds. The van der Waals surface area contributed by atoms with Crippen molar-refractivity contribution in [2.75, 3.05) is 18.0 Å². The number of imide groups is 1. The molecule has 1 N–H and O–H groups in total. The third-order valence-electron chi connectivity index (χ3n) is 6.64. The van der Waals surface area contributed by atoms with Gasteiger partial charge in [0.25, 0.3) is 17.4 Å². The lowest BCUT2D eigenvalue weighted by Crippen LogP contribution is -2.51. The number of aryl methyl sites for hydroxylation is 1. The molecule has 3 heterocycles. The maximum absolute atomic E-state index is 13.1. The third-order valence-corrected chi connectivity index (χ3v) is 6.64. The van der Waals surface area contributed by atoms with Crippen LogP contribution in [0, 0.1) is 18.3 Å². The summed E-state index contributed by atoms with van der Waals surface area (Å²) in [5.41, 5.74) is 1.69. The van der Waals surface area contributed by atoms with Crippen LogP contribution >= 0.6 is 0 Å². The van der Waals surface area contributed by atoms with Gasteiger partial charge in [-0.15, -0.1) is 0 Å². The zero-order valence-electron chi connectivity index (χ0n) is 19.2. The molecule has 5 rings (SSSR count). The average Bonchev–Trinajstić information content (AvgIpc) is 3.10. The number of amides is 2. The zero-order valence-corrected chi connectivity index (χ0v) is 19.2. The molecule has 0 saturated carbocycles. The number of nitrogens with one attached hydrogen (secondary N) is 1. The highest BCUT2D eigenvalue weighted by molar-refractivity contribution is 6.21. The molecule has 1 saturated heterocycles. The lowest BCUT2D eigenvalue weighted by Gasteiger charge is -2.38. The van der Waals surface area contributed by atoms with Crippen LogP contribution in [0.3, 0.4) is 0 Å². The second-order valence-corrected chi connectivity index (χ2v) is 8.92. The molecule has 35 heavy (non-hydrogen) atoms. The molecule has 0 bridgehead atoms. The minimum Gasteiger partial charge on any atom is -0.356 e. The number of H-pyrrole nitrogens is 1. The van der Waals surface area contributed by atoms with Crippen LogP contribution in [-0.2, 0) is 6.54 Å². The number of benzene rings is 2. The second kappa shape index (κ2) is 8.72. The average molecular weight is 470 g/mol. The fraction of sp³-hybridized carbons (Fsp3) is 0.269. The van der Waals surface area contributed by atoms with Gasteiger partial charge in [0.1, 0.15) is 5.82 Å². The van der Waals surface area contributed by atoms with Gasteiger partial charge < -0.3 is 4.90 Å². The zero-order chi connectivity index (χ0) is 24.7. The van der Waals surface area contributed by atoms with Crippen LogP contribution in [0.25, 0.3) is 0 Å². The van der Waals surface area contributed by atoms with E-state index >= 15 is 0 Å². The Bertz CT molecular complexity index is 1510. The molecule has 2 aliphatic heterocycles. The normalized spacial score (nSPS) is 17.4. The molecule has 0 aliphatic carbocycles. The molecule has 1 aromatic heterocycles. The summed E-state index contributed by atoms with van der Waals surface area (Å²) in [5.74, 6) is -0.237. The maximum Gasteiger partial charge on any atom is 0.330 e. The first-order chi connectivity index (χ1) is 16.9. The molecule has 0 spiro atoms. The van der Waals surface area contributed by atoms with Crippen LogP contribution in [0.5, 0.6) is 0 Å². The van der Waals surface area contributed by atoms with Gasteiger partial charge in [0.15, 0.2) is 0 Å². The summed E-state index contributed by atoms with van der Waals surface area (Å²) in [6, 6.07) is 15.3. The second-order valence-electron chi connectivity index (χ2n) is 8.92. The maximum atomic E-state index is 13.1. The van der Waals surface area contributed by atoms with Crippen molar-refractivity contribution in [2.45, 2.75) is 32.4 Å². The number of fused-ring (bicyclic) bond motifs is 1. The number of piperidine rings is 1. The standard InChI is InChI=1S/C26H23N5O4/c1-16-8-9-20-21(11-16)25(34)31(24(20)33)19-7-4-10-29(15-19)23-12-22(32)28-26(35)30(23)14-18-6-3-2-5-17(18)13-27/h2-3,5-6,8-9,11-12,19H,4,7,10,14-15H2,1H3,(H,28,32,35). The van der Waals surface area contributed by atoms with Gasteiger partial charge >= 0.3 is 5.69 Å². The summed E-state index contributed by atoms with van der Waals surface area (Å²) in [7, 11) is 0. The fourth-order valence-corrected chi connectivity index (χ4v) is 4.94. The van der Waals surface area contributed by atoms with E-state index in [0.29, 0.717) is 54.0 Å². The van der Waals surface area contributed by atoms with Crippen LogP contribution < -0.4 is 16.1 Å². The molecule has 9 nitrogen and oxygen atoms in total. The lowest BCUT2D eigenvalue weighted by atomic mass is 10.0. The highest BCUT2D eigenvalue weighted by atomic mass is 16.2. The first kappa shape index (κ1) is 22.3. The number of aromatic amines is 1. The van der Waals surface area contributed by atoms with Crippen LogP contribution in [0.2, 0.25) is 0 Å². The van der Waals surface area contributed by atoms with Crippen LogP contribution in [0.15, 0.2) is 58.1 Å². The van der Waals surface area contributed by atoms with Crippen molar-refractivity contribution in [1.29, 1.82) is 5.26 Å². The summed E-state index contributed by atoms with van der Waals surface area (Å²) in [6.07, 6.45) is 1.30. The van der Waals surface area contributed by atoms with E-state index in [4.69, 9.17) is 0 Å². The molecule has 9 heteroatoms. The third kappa shape index (κ3) is 3.93. The van der Waals surface area contributed by atoms with Crippen LogP contribution in [0.4, 0.5) is 5.82 Å². The lowest BCUT2D eigenvalue weighted by molar-refractivity contribution is 0.0569. The quantitative estimate of drug-likeness (QED) is 0.584. The van der Waals surface area contributed by atoms with E-state index in [1.807, 2.05) is 17.9 Å². The van der Waals surface area contributed by atoms with Crippen molar-refractivity contribution in [3.05, 3.63) is 97.2 Å². The first-order valence-electron chi connectivity index (χ1n) is 11.4. The van der Waals surface area contributed by atoms with Crippen molar-refractivity contribution in [1.82, 2.24) is 14.5 Å². The number of hydrogen-bond donors (Lipinski definition) is 1. The number of carbonyl (C=O) groups is 2. The van der Waals surface area contributed by atoms with E-state index in [9.17, 15) is 24.4 Å². The largest absolute Gasteiger partial charge is 0.356 e. The van der Waals surface area contributed by atoms with E-state index in [1.165, 1.54) is 15.5 Å². The summed E-state index contributed by atoms with van der Waals surface area (Å²) < 4.78 is 1.42. The predicted molar refractivity (Wildman–Crippen MR) is 128 cm³/mol. The van der Waals surface area contributed by atoms with Crippen LogP contribution in [-0.4, -0.2) is 45.4 Å². The van der Waals surface area contributed by atoms with Gasteiger partial charge in [-0.3, -0.25) is 28.8 Å². The highest BCUT2D eigenvalue weighted by Crippen LogP contribution is 2.30. The van der Waals surface area contributed by atoms with Gasteiger partial charge in [-0.05, 0) is 43.5 Å². The van der Waals surface area contributed by atoms with Crippen LogP contribution in [0.1, 0.15) is 50.2 Å². The molecule has 1 atom stereocenters. The Balaban J connectivity index is 1.48. The van der Waals surface area contributed by atoms with E-state index in [-0.39, 0.29) is 18.4 Å².